The number of ether oxygens (including phenoxy) is 1. The molecule has 4 rings (SSSR count). The molecular weight excluding hydrogens is 525 g/mol. The highest BCUT2D eigenvalue weighted by Gasteiger charge is 2.43. The third-order valence-electron chi connectivity index (χ3n) is 7.86. The van der Waals surface area contributed by atoms with Gasteiger partial charge in [-0.3, -0.25) is 9.59 Å². The Labute approximate surface area is 239 Å². The third-order valence-corrected chi connectivity index (χ3v) is 7.86. The average Bonchev–Trinajstić information content (AvgIpc) is 3.02. The number of nitrogens with zero attached hydrogens (tertiary/aromatic N) is 1. The van der Waals surface area contributed by atoms with E-state index in [1.165, 1.54) is 13.2 Å². The molecule has 1 saturated heterocycles. The number of nitrogens with two attached hydrogens (primary N) is 1. The highest BCUT2D eigenvalue weighted by molar-refractivity contribution is 5.94. The van der Waals surface area contributed by atoms with Crippen LogP contribution in [0.5, 0.6) is 5.75 Å². The van der Waals surface area contributed by atoms with Crippen LogP contribution in [0.15, 0.2) is 66.7 Å². The van der Waals surface area contributed by atoms with E-state index < -0.39 is 29.9 Å². The lowest BCUT2D eigenvalue weighted by Gasteiger charge is -2.43. The van der Waals surface area contributed by atoms with Crippen molar-refractivity contribution in [1.29, 1.82) is 0 Å². The van der Waals surface area contributed by atoms with E-state index in [0.717, 1.165) is 5.56 Å². The van der Waals surface area contributed by atoms with Crippen LogP contribution in [0.3, 0.4) is 0 Å². The van der Waals surface area contributed by atoms with E-state index in [9.17, 15) is 14.7 Å². The van der Waals surface area contributed by atoms with Crippen LogP contribution in [0.4, 0.5) is 4.39 Å². The summed E-state index contributed by atoms with van der Waals surface area (Å²) in [5, 5.41) is 24.2. The molecule has 5 N–H and O–H groups in total. The topological polar surface area (TPSA) is 125 Å². The summed E-state index contributed by atoms with van der Waals surface area (Å²) in [6.45, 7) is 0.817. The zero-order valence-corrected chi connectivity index (χ0v) is 23.3. The molecule has 218 valence electrons. The van der Waals surface area contributed by atoms with Gasteiger partial charge < -0.3 is 30.9 Å². The minimum Gasteiger partial charge on any atom is -0.497 e. The lowest BCUT2D eigenvalue weighted by molar-refractivity contribution is -0.123. The summed E-state index contributed by atoms with van der Waals surface area (Å²) in [6.07, 6.45) is 1.88. The number of carbonyl (C=O) groups is 2. The van der Waals surface area contributed by atoms with Crippen molar-refractivity contribution in [3.63, 3.8) is 0 Å². The number of amides is 2. The first-order chi connectivity index (χ1) is 19.8. The first-order valence-electron chi connectivity index (χ1n) is 13.9. The Kier molecular flexibility index (Phi) is 10.1. The van der Waals surface area contributed by atoms with Crippen molar-refractivity contribution in [3.8, 4) is 16.9 Å². The monoisotopic (exact) mass is 563 g/mol. The Morgan fingerprint density at radius 2 is 1.90 bits per heavy atom. The van der Waals surface area contributed by atoms with Gasteiger partial charge in [0.1, 0.15) is 18.2 Å². The van der Waals surface area contributed by atoms with Gasteiger partial charge in [-0.25, -0.2) is 4.39 Å². The molecule has 1 heterocycles. The second-order valence-electron chi connectivity index (χ2n) is 10.4. The van der Waals surface area contributed by atoms with Gasteiger partial charge >= 0.3 is 0 Å². The van der Waals surface area contributed by atoms with Crippen molar-refractivity contribution in [2.75, 3.05) is 33.4 Å². The molecule has 0 aromatic heterocycles. The summed E-state index contributed by atoms with van der Waals surface area (Å²) >= 11 is 0. The fourth-order valence-electron chi connectivity index (χ4n) is 5.67. The van der Waals surface area contributed by atoms with E-state index in [0.29, 0.717) is 54.8 Å². The van der Waals surface area contributed by atoms with Crippen molar-refractivity contribution >= 4 is 11.8 Å². The number of likely N-dealkylation sites (tertiary alicyclic amines) is 1. The number of rotatable bonds is 11. The maximum absolute atomic E-state index is 15.6. The number of hydrogen-bond acceptors (Lipinski definition) is 6. The molecule has 3 aromatic carbocycles. The molecule has 41 heavy (non-hydrogen) atoms. The maximum atomic E-state index is 15.6. The first kappa shape index (κ1) is 30.2. The normalized spacial score (nSPS) is 16.6. The van der Waals surface area contributed by atoms with E-state index in [4.69, 9.17) is 15.6 Å². The molecule has 0 unspecified atom stereocenters. The maximum Gasteiger partial charge on any atom is 0.253 e. The van der Waals surface area contributed by atoms with Crippen LogP contribution in [0, 0.1) is 11.7 Å². The van der Waals surface area contributed by atoms with Crippen LogP contribution in [-0.2, 0) is 16.9 Å². The molecule has 0 spiro atoms. The zero-order valence-electron chi connectivity index (χ0n) is 23.3. The third kappa shape index (κ3) is 6.93. The lowest BCUT2D eigenvalue weighted by Crippen LogP contribution is -2.48. The summed E-state index contributed by atoms with van der Waals surface area (Å²) in [7, 11) is 1.54. The van der Waals surface area contributed by atoms with Gasteiger partial charge in [-0.05, 0) is 72.7 Å². The molecule has 0 aliphatic carbocycles. The van der Waals surface area contributed by atoms with Gasteiger partial charge in [-0.15, -0.1) is 0 Å². The van der Waals surface area contributed by atoms with Gasteiger partial charge in [-0.1, -0.05) is 36.4 Å². The molecule has 0 radical (unpaired) electrons. The molecule has 9 heteroatoms. The first-order valence-corrected chi connectivity index (χ1v) is 13.9. The number of nitrogens with one attached hydrogen (secondary N) is 1. The summed E-state index contributed by atoms with van der Waals surface area (Å²) in [6, 6.07) is 18.9. The van der Waals surface area contributed by atoms with Crippen molar-refractivity contribution in [1.82, 2.24) is 10.2 Å². The molecule has 2 amide bonds. The molecule has 1 aliphatic heterocycles. The highest BCUT2D eigenvalue weighted by Crippen LogP contribution is 2.44. The van der Waals surface area contributed by atoms with Crippen LogP contribution in [0.1, 0.15) is 47.2 Å². The number of piperidine rings is 1. The largest absolute Gasteiger partial charge is 0.497 e. The van der Waals surface area contributed by atoms with E-state index >= 15 is 4.39 Å². The number of methoxy groups -OCH3 is 1. The molecule has 0 bridgehead atoms. The molecule has 3 aromatic rings. The Morgan fingerprint density at radius 3 is 2.61 bits per heavy atom. The summed E-state index contributed by atoms with van der Waals surface area (Å²) in [4.78, 5) is 26.8. The van der Waals surface area contributed by atoms with E-state index in [-0.39, 0.29) is 31.0 Å². The lowest BCUT2D eigenvalue weighted by atomic mass is 9.72. The van der Waals surface area contributed by atoms with E-state index in [2.05, 4.69) is 5.32 Å². The molecule has 1 aliphatic rings. The molecule has 1 fully saturated rings. The van der Waals surface area contributed by atoms with Gasteiger partial charge in [-0.2, -0.15) is 0 Å². The minimum absolute atomic E-state index is 0.136. The Morgan fingerprint density at radius 1 is 1.15 bits per heavy atom. The SMILES string of the molecule is COc1cccc(-c2c(F)cccc2[C@](O)(CCCNC(=O)CO)[C@@H]2CCCN(C(=O)c3ccc(CN)cc3)C2)c1. The van der Waals surface area contributed by atoms with Gasteiger partial charge in [0.15, 0.2) is 0 Å². The van der Waals surface area contributed by atoms with Crippen molar-refractivity contribution < 1.29 is 28.9 Å². The Bertz CT molecular complexity index is 1350. The molecule has 0 saturated carbocycles. The zero-order chi connectivity index (χ0) is 29.4. The number of carbonyl (C=O) groups excluding carboxylic acids is 2. The summed E-state index contributed by atoms with van der Waals surface area (Å²) in [5.41, 5.74) is 6.91. The van der Waals surface area contributed by atoms with Gasteiger partial charge in [0, 0.05) is 43.2 Å². The predicted octanol–water partition coefficient (Wildman–Crippen LogP) is 3.59. The highest BCUT2D eigenvalue weighted by atomic mass is 19.1. The van der Waals surface area contributed by atoms with Crippen molar-refractivity contribution in [2.45, 2.75) is 37.8 Å². The van der Waals surface area contributed by atoms with Gasteiger partial charge in [0.2, 0.25) is 5.91 Å². The average molecular weight is 564 g/mol. The van der Waals surface area contributed by atoms with Gasteiger partial charge in [0.05, 0.1) is 12.7 Å². The van der Waals surface area contributed by atoms with Crippen LogP contribution >= 0.6 is 0 Å². The fourth-order valence-corrected chi connectivity index (χ4v) is 5.67. The molecular formula is C32H38FN3O5. The van der Waals surface area contributed by atoms with E-state index in [1.54, 1.807) is 53.4 Å². The van der Waals surface area contributed by atoms with Crippen molar-refractivity contribution in [2.24, 2.45) is 11.7 Å². The Balaban J connectivity index is 1.70. The molecule has 8 nitrogen and oxygen atoms in total. The number of benzene rings is 3. The number of hydrogen-bond donors (Lipinski definition) is 4. The standard InChI is InChI=1S/C32H38FN3O5/c1-41-26-8-2-6-24(18-26)30-27(9-3-10-28(30)33)32(40,15-5-16-35-29(38)21-37)25-7-4-17-36(20-25)31(39)23-13-11-22(19-34)12-14-23/h2-3,6,8-14,18,25,37,40H,4-5,7,15-17,19-21,34H2,1H3,(H,35,38)/t25-,32+/m1/s1. The number of halogens is 1. The summed E-state index contributed by atoms with van der Waals surface area (Å²) in [5.74, 6) is -0.966. The van der Waals surface area contributed by atoms with Crippen LogP contribution in [0.25, 0.3) is 11.1 Å². The second kappa shape index (κ2) is 13.7. The van der Waals surface area contributed by atoms with Crippen molar-refractivity contribution in [3.05, 3.63) is 89.2 Å². The van der Waals surface area contributed by atoms with Crippen LogP contribution < -0.4 is 15.8 Å². The fraction of sp³-hybridized carbons (Fsp3) is 0.375. The van der Waals surface area contributed by atoms with Crippen LogP contribution in [0.2, 0.25) is 0 Å². The smallest absolute Gasteiger partial charge is 0.253 e. The van der Waals surface area contributed by atoms with Gasteiger partial charge in [0.25, 0.3) is 5.91 Å². The van der Waals surface area contributed by atoms with E-state index in [1.807, 2.05) is 12.1 Å². The minimum atomic E-state index is -1.52. The predicted molar refractivity (Wildman–Crippen MR) is 155 cm³/mol. The number of aliphatic hydroxyl groups is 2. The molecule has 2 atom stereocenters. The quantitative estimate of drug-likeness (QED) is 0.264. The second-order valence-corrected chi connectivity index (χ2v) is 10.4. The van der Waals surface area contributed by atoms with Crippen LogP contribution in [-0.4, -0.2) is 60.3 Å². The Hall–Kier alpha value is -3.79. The summed E-state index contributed by atoms with van der Waals surface area (Å²) < 4.78 is 21.0. The number of aliphatic hydroxyl groups excluding tert-OH is 1.